The van der Waals surface area contributed by atoms with Crippen molar-refractivity contribution in [2.24, 2.45) is 5.73 Å². The molecule has 2 aromatic carbocycles. The maximum atomic E-state index is 6.55. The molecule has 1 unspecified atom stereocenters. The molecule has 1 aromatic heterocycles. The SMILES string of the molecule is CCN(CC)CCC(N)c1nc(N2CCc3ccccc3C2)c2ccccc2n1. The van der Waals surface area contributed by atoms with Crippen LogP contribution in [0.4, 0.5) is 5.82 Å². The Hall–Kier alpha value is -2.50. The summed E-state index contributed by atoms with van der Waals surface area (Å²) in [5.74, 6) is 1.77. The van der Waals surface area contributed by atoms with Gasteiger partial charge in [0.2, 0.25) is 0 Å². The normalized spacial score (nSPS) is 15.0. The Kier molecular flexibility index (Phi) is 6.07. The third-order valence-corrected chi connectivity index (χ3v) is 6.01. The quantitative estimate of drug-likeness (QED) is 0.664. The summed E-state index contributed by atoms with van der Waals surface area (Å²) in [7, 11) is 0. The maximum Gasteiger partial charge on any atom is 0.148 e. The van der Waals surface area contributed by atoms with Crippen molar-refractivity contribution in [1.82, 2.24) is 14.9 Å². The maximum absolute atomic E-state index is 6.55. The van der Waals surface area contributed by atoms with E-state index >= 15 is 0 Å². The van der Waals surface area contributed by atoms with Crippen LogP contribution < -0.4 is 10.6 Å². The van der Waals surface area contributed by atoms with Crippen LogP contribution in [0.25, 0.3) is 10.9 Å². The fourth-order valence-corrected chi connectivity index (χ4v) is 4.15. The predicted octanol–water partition coefficient (Wildman–Crippen LogP) is 3.92. The zero-order chi connectivity index (χ0) is 20.2. The van der Waals surface area contributed by atoms with E-state index in [0.717, 1.165) is 68.1 Å². The molecule has 0 bridgehead atoms. The number of nitrogens with two attached hydrogens (primary N) is 1. The smallest absolute Gasteiger partial charge is 0.148 e. The van der Waals surface area contributed by atoms with Crippen LogP contribution in [-0.2, 0) is 13.0 Å². The molecule has 5 nitrogen and oxygen atoms in total. The van der Waals surface area contributed by atoms with Gasteiger partial charge < -0.3 is 15.5 Å². The molecule has 0 fully saturated rings. The summed E-state index contributed by atoms with van der Waals surface area (Å²) < 4.78 is 0. The van der Waals surface area contributed by atoms with E-state index in [1.165, 1.54) is 11.1 Å². The average Bonchev–Trinajstić information content (AvgIpc) is 2.78. The van der Waals surface area contributed by atoms with Gasteiger partial charge in [-0.3, -0.25) is 0 Å². The summed E-state index contributed by atoms with van der Waals surface area (Å²) in [6, 6.07) is 16.8. The highest BCUT2D eigenvalue weighted by Crippen LogP contribution is 2.30. The molecule has 2 heterocycles. The standard InChI is InChI=1S/C24H31N5/c1-3-28(4-2)15-14-21(25)23-26-22-12-8-7-11-20(22)24(27-23)29-16-13-18-9-5-6-10-19(18)17-29/h5-12,21H,3-4,13-17,25H2,1-2H3. The van der Waals surface area contributed by atoms with Gasteiger partial charge in [0.05, 0.1) is 11.6 Å². The zero-order valence-corrected chi connectivity index (χ0v) is 17.5. The predicted molar refractivity (Wildman–Crippen MR) is 120 cm³/mol. The number of nitrogens with zero attached hydrogens (tertiary/aromatic N) is 4. The highest BCUT2D eigenvalue weighted by atomic mass is 15.2. The van der Waals surface area contributed by atoms with Gasteiger partial charge in [0.25, 0.3) is 0 Å². The molecule has 0 aliphatic carbocycles. The molecule has 3 aromatic rings. The van der Waals surface area contributed by atoms with Crippen molar-refractivity contribution in [3.05, 3.63) is 65.5 Å². The summed E-state index contributed by atoms with van der Waals surface area (Å²) in [6.45, 7) is 9.27. The third-order valence-electron chi connectivity index (χ3n) is 6.01. The minimum Gasteiger partial charge on any atom is -0.351 e. The Morgan fingerprint density at radius 2 is 1.72 bits per heavy atom. The molecule has 2 N–H and O–H groups in total. The summed E-state index contributed by atoms with van der Waals surface area (Å²) in [5.41, 5.74) is 10.4. The van der Waals surface area contributed by atoms with Gasteiger partial charge in [0.15, 0.2) is 0 Å². The Bertz CT molecular complexity index is 966. The third kappa shape index (κ3) is 4.26. The largest absolute Gasteiger partial charge is 0.351 e. The molecule has 0 radical (unpaired) electrons. The van der Waals surface area contributed by atoms with Gasteiger partial charge in [-0.2, -0.15) is 0 Å². The Labute approximate surface area is 173 Å². The first-order valence-corrected chi connectivity index (χ1v) is 10.8. The van der Waals surface area contributed by atoms with Crippen molar-refractivity contribution in [3.8, 4) is 0 Å². The van der Waals surface area contributed by atoms with Crippen molar-refractivity contribution in [2.75, 3.05) is 31.1 Å². The van der Waals surface area contributed by atoms with Gasteiger partial charge in [0, 0.05) is 25.0 Å². The van der Waals surface area contributed by atoms with Crippen LogP contribution in [0.15, 0.2) is 48.5 Å². The van der Waals surface area contributed by atoms with Gasteiger partial charge in [-0.25, -0.2) is 9.97 Å². The molecular formula is C24H31N5. The van der Waals surface area contributed by atoms with E-state index in [0.29, 0.717) is 0 Å². The van der Waals surface area contributed by atoms with Crippen molar-refractivity contribution in [1.29, 1.82) is 0 Å². The summed E-state index contributed by atoms with van der Waals surface area (Å²) in [4.78, 5) is 14.6. The highest BCUT2D eigenvalue weighted by Gasteiger charge is 2.21. The number of aromatic nitrogens is 2. The minimum absolute atomic E-state index is 0.156. The molecule has 1 aliphatic heterocycles. The molecule has 29 heavy (non-hydrogen) atoms. The van der Waals surface area contributed by atoms with E-state index in [9.17, 15) is 0 Å². The van der Waals surface area contributed by atoms with Crippen LogP contribution in [0.5, 0.6) is 0 Å². The molecule has 1 aliphatic rings. The van der Waals surface area contributed by atoms with Gasteiger partial charge in [-0.15, -0.1) is 0 Å². The lowest BCUT2D eigenvalue weighted by molar-refractivity contribution is 0.289. The monoisotopic (exact) mass is 389 g/mol. The fourth-order valence-electron chi connectivity index (χ4n) is 4.15. The topological polar surface area (TPSA) is 58.3 Å². The van der Waals surface area contributed by atoms with E-state index in [1.54, 1.807) is 0 Å². The van der Waals surface area contributed by atoms with Crippen molar-refractivity contribution in [3.63, 3.8) is 0 Å². The van der Waals surface area contributed by atoms with Crippen LogP contribution in [0, 0.1) is 0 Å². The molecule has 0 amide bonds. The number of benzene rings is 2. The summed E-state index contributed by atoms with van der Waals surface area (Å²) >= 11 is 0. The van der Waals surface area contributed by atoms with E-state index in [2.05, 4.69) is 66.1 Å². The molecule has 0 spiro atoms. The van der Waals surface area contributed by atoms with E-state index in [1.807, 2.05) is 6.07 Å². The number of anilines is 1. The fraction of sp³-hybridized carbons (Fsp3) is 0.417. The number of hydrogen-bond donors (Lipinski definition) is 1. The van der Waals surface area contributed by atoms with Crippen molar-refractivity contribution < 1.29 is 0 Å². The first-order valence-electron chi connectivity index (χ1n) is 10.8. The second-order valence-corrected chi connectivity index (χ2v) is 7.78. The second-order valence-electron chi connectivity index (χ2n) is 7.78. The van der Waals surface area contributed by atoms with Crippen LogP contribution in [0.2, 0.25) is 0 Å². The Morgan fingerprint density at radius 1 is 1.00 bits per heavy atom. The van der Waals surface area contributed by atoms with E-state index in [4.69, 9.17) is 15.7 Å². The minimum atomic E-state index is -0.156. The summed E-state index contributed by atoms with van der Waals surface area (Å²) in [6.07, 6.45) is 1.90. The average molecular weight is 390 g/mol. The lowest BCUT2D eigenvalue weighted by atomic mass is 9.99. The Balaban J connectivity index is 1.65. The van der Waals surface area contributed by atoms with E-state index in [-0.39, 0.29) is 6.04 Å². The van der Waals surface area contributed by atoms with Crippen molar-refractivity contribution >= 4 is 16.7 Å². The number of hydrogen-bond acceptors (Lipinski definition) is 5. The molecule has 0 saturated carbocycles. The van der Waals surface area contributed by atoms with Gasteiger partial charge in [-0.05, 0) is 49.2 Å². The first-order chi connectivity index (χ1) is 14.2. The van der Waals surface area contributed by atoms with E-state index < -0.39 is 0 Å². The number of fused-ring (bicyclic) bond motifs is 2. The summed E-state index contributed by atoms with van der Waals surface area (Å²) in [5, 5.41) is 1.10. The molecule has 152 valence electrons. The van der Waals surface area contributed by atoms with Crippen LogP contribution in [-0.4, -0.2) is 41.0 Å². The van der Waals surface area contributed by atoms with Crippen LogP contribution >= 0.6 is 0 Å². The zero-order valence-electron chi connectivity index (χ0n) is 17.5. The van der Waals surface area contributed by atoms with Crippen molar-refractivity contribution in [2.45, 2.75) is 39.3 Å². The molecule has 0 saturated heterocycles. The molecular weight excluding hydrogens is 358 g/mol. The number of rotatable bonds is 7. The van der Waals surface area contributed by atoms with Gasteiger partial charge in [-0.1, -0.05) is 50.2 Å². The second kappa shape index (κ2) is 8.89. The molecule has 1 atom stereocenters. The van der Waals surface area contributed by atoms with Gasteiger partial charge in [0.1, 0.15) is 11.6 Å². The number of para-hydroxylation sites is 1. The molecule has 5 heteroatoms. The van der Waals surface area contributed by atoms with Crippen LogP contribution in [0.3, 0.4) is 0 Å². The lowest BCUT2D eigenvalue weighted by Gasteiger charge is -2.31. The Morgan fingerprint density at radius 3 is 2.52 bits per heavy atom. The lowest BCUT2D eigenvalue weighted by Crippen LogP contribution is -2.32. The van der Waals surface area contributed by atoms with Gasteiger partial charge >= 0.3 is 0 Å². The molecule has 4 rings (SSSR count). The first kappa shape index (κ1) is 19.8. The highest BCUT2D eigenvalue weighted by molar-refractivity contribution is 5.89. The van der Waals surface area contributed by atoms with Crippen LogP contribution in [0.1, 0.15) is 43.3 Å².